The Kier molecular flexibility index (Phi) is 7.00. The lowest BCUT2D eigenvalue weighted by Crippen LogP contribution is -2.40. The Morgan fingerprint density at radius 1 is 0.944 bits per heavy atom. The average molecular weight is 499 g/mol. The zero-order valence-electron chi connectivity index (χ0n) is 19.9. The summed E-state index contributed by atoms with van der Waals surface area (Å²) in [6.45, 7) is 3.10. The molecule has 2 fully saturated rings. The van der Waals surface area contributed by atoms with Crippen molar-refractivity contribution in [3.8, 4) is 0 Å². The smallest absolute Gasteiger partial charge is 0.382 e. The average Bonchev–Trinajstić information content (AvgIpc) is 2.90. The molecule has 2 heterocycles. The Balaban J connectivity index is 1.18. The highest BCUT2D eigenvalue weighted by molar-refractivity contribution is 5.94. The van der Waals surface area contributed by atoms with Crippen LogP contribution < -0.4 is 15.5 Å². The number of amides is 1. The summed E-state index contributed by atoms with van der Waals surface area (Å²) in [5, 5.41) is 7.10. The lowest BCUT2D eigenvalue weighted by atomic mass is 9.90. The van der Waals surface area contributed by atoms with Crippen LogP contribution in [0.4, 0.5) is 24.5 Å². The summed E-state index contributed by atoms with van der Waals surface area (Å²) < 4.78 is 45.5. The zero-order chi connectivity index (χ0) is 25.1. The number of anilines is 2. The van der Waals surface area contributed by atoms with Crippen LogP contribution >= 0.6 is 0 Å². The first kappa shape index (κ1) is 24.4. The summed E-state index contributed by atoms with van der Waals surface area (Å²) in [6.07, 6.45) is -1.50. The number of benzene rings is 2. The number of aromatic nitrogens is 1. The molecule has 2 N–H and O–H groups in total. The van der Waals surface area contributed by atoms with Gasteiger partial charge in [-0.15, -0.1) is 0 Å². The molecular weight excluding hydrogens is 469 g/mol. The normalized spacial score (nSPS) is 20.8. The van der Waals surface area contributed by atoms with Crippen LogP contribution in [0.1, 0.15) is 41.7 Å². The molecule has 2 aliphatic rings. The fourth-order valence-electron chi connectivity index (χ4n) is 4.96. The van der Waals surface area contributed by atoms with Crippen LogP contribution in [0.5, 0.6) is 0 Å². The number of rotatable bonds is 5. The van der Waals surface area contributed by atoms with E-state index in [1.54, 1.807) is 24.3 Å². The molecule has 2 aromatic carbocycles. The fraction of sp³-hybridized carbons (Fsp3) is 0.407. The van der Waals surface area contributed by atoms with E-state index in [1.807, 2.05) is 24.3 Å². The van der Waals surface area contributed by atoms with Crippen molar-refractivity contribution in [2.24, 2.45) is 0 Å². The van der Waals surface area contributed by atoms with E-state index in [2.05, 4.69) is 20.5 Å². The number of hydrogen-bond donors (Lipinski definition) is 2. The van der Waals surface area contributed by atoms with Gasteiger partial charge in [0.2, 0.25) is 0 Å². The van der Waals surface area contributed by atoms with Crippen molar-refractivity contribution < 1.29 is 22.7 Å². The predicted molar refractivity (Wildman–Crippen MR) is 133 cm³/mol. The summed E-state index contributed by atoms with van der Waals surface area (Å²) in [4.78, 5) is 18.8. The number of carbonyl (C=O) groups is 1. The van der Waals surface area contributed by atoms with Crippen molar-refractivity contribution in [1.29, 1.82) is 0 Å². The molecule has 1 saturated heterocycles. The molecule has 36 heavy (non-hydrogen) atoms. The third-order valence-corrected chi connectivity index (χ3v) is 6.93. The highest BCUT2D eigenvalue weighted by atomic mass is 19.4. The molecule has 1 amide bonds. The number of pyridine rings is 1. The Labute approximate surface area is 207 Å². The topological polar surface area (TPSA) is 66.5 Å². The van der Waals surface area contributed by atoms with Crippen molar-refractivity contribution >= 4 is 28.2 Å². The molecule has 190 valence electrons. The first-order valence-electron chi connectivity index (χ1n) is 12.3. The number of para-hydroxylation sites is 1. The molecule has 1 saturated carbocycles. The van der Waals surface area contributed by atoms with Gasteiger partial charge in [0.1, 0.15) is 5.69 Å². The second-order valence-electron chi connectivity index (χ2n) is 9.38. The van der Waals surface area contributed by atoms with Crippen LogP contribution in [0.2, 0.25) is 0 Å². The quantitative estimate of drug-likeness (QED) is 0.504. The third kappa shape index (κ3) is 5.56. The van der Waals surface area contributed by atoms with E-state index < -0.39 is 11.9 Å². The van der Waals surface area contributed by atoms with Crippen molar-refractivity contribution in [3.63, 3.8) is 0 Å². The van der Waals surface area contributed by atoms with Crippen LogP contribution in [0, 0.1) is 0 Å². The van der Waals surface area contributed by atoms with Crippen LogP contribution in [0.25, 0.3) is 10.9 Å². The van der Waals surface area contributed by atoms with Crippen molar-refractivity contribution in [2.75, 3.05) is 36.5 Å². The molecule has 6 nitrogen and oxygen atoms in total. The second kappa shape index (κ2) is 10.3. The highest BCUT2D eigenvalue weighted by Crippen LogP contribution is 2.34. The Bertz CT molecular complexity index is 1200. The number of nitrogens with zero attached hydrogens (tertiary/aromatic N) is 2. The van der Waals surface area contributed by atoms with Crippen molar-refractivity contribution in [2.45, 2.75) is 43.9 Å². The van der Waals surface area contributed by atoms with Gasteiger partial charge in [0.25, 0.3) is 5.91 Å². The van der Waals surface area contributed by atoms with Crippen LogP contribution in [-0.4, -0.2) is 49.3 Å². The predicted octanol–water partition coefficient (Wildman–Crippen LogP) is 5.24. The van der Waals surface area contributed by atoms with Crippen molar-refractivity contribution in [1.82, 2.24) is 10.3 Å². The Morgan fingerprint density at radius 2 is 1.61 bits per heavy atom. The van der Waals surface area contributed by atoms with E-state index in [0.29, 0.717) is 35.4 Å². The lowest BCUT2D eigenvalue weighted by molar-refractivity contribution is -0.140. The van der Waals surface area contributed by atoms with Gasteiger partial charge in [-0.2, -0.15) is 13.2 Å². The Morgan fingerprint density at radius 3 is 2.31 bits per heavy atom. The summed E-state index contributed by atoms with van der Waals surface area (Å²) in [6, 6.07) is 15.6. The van der Waals surface area contributed by atoms with Gasteiger partial charge in [-0.25, -0.2) is 4.98 Å². The SMILES string of the molecule is O=C(N[C@H]1CC[C@@H](Nc2cc(C(F)(F)F)nc3ccccc23)CC1)c1ccc(N2CCOCC2)cc1. The number of hydrogen-bond acceptors (Lipinski definition) is 5. The van der Waals surface area contributed by atoms with Gasteiger partial charge in [0.05, 0.1) is 18.7 Å². The minimum Gasteiger partial charge on any atom is -0.382 e. The number of nitrogens with one attached hydrogen (secondary N) is 2. The number of alkyl halides is 3. The largest absolute Gasteiger partial charge is 0.433 e. The van der Waals surface area contributed by atoms with Gasteiger partial charge in [-0.3, -0.25) is 4.79 Å². The lowest BCUT2D eigenvalue weighted by Gasteiger charge is -2.31. The van der Waals surface area contributed by atoms with Gasteiger partial charge in [0, 0.05) is 47.5 Å². The third-order valence-electron chi connectivity index (χ3n) is 6.93. The first-order valence-corrected chi connectivity index (χ1v) is 12.3. The maximum Gasteiger partial charge on any atom is 0.433 e. The van der Waals surface area contributed by atoms with Gasteiger partial charge >= 0.3 is 6.18 Å². The number of ether oxygens (including phenoxy) is 1. The molecule has 5 rings (SSSR count). The molecule has 1 aliphatic carbocycles. The maximum atomic E-state index is 13.4. The first-order chi connectivity index (χ1) is 17.4. The second-order valence-corrected chi connectivity index (χ2v) is 9.38. The van der Waals surface area contributed by atoms with Crippen LogP contribution in [0.3, 0.4) is 0 Å². The van der Waals surface area contributed by atoms with E-state index in [0.717, 1.165) is 50.5 Å². The molecule has 1 aliphatic heterocycles. The minimum atomic E-state index is -4.51. The number of morpholine rings is 1. The van der Waals surface area contributed by atoms with Gasteiger partial charge in [-0.1, -0.05) is 18.2 Å². The minimum absolute atomic E-state index is 0.0258. The summed E-state index contributed by atoms with van der Waals surface area (Å²) in [5.74, 6) is -0.102. The van der Waals surface area contributed by atoms with Gasteiger partial charge in [0.15, 0.2) is 0 Å². The van der Waals surface area contributed by atoms with E-state index in [9.17, 15) is 18.0 Å². The van der Waals surface area contributed by atoms with Crippen LogP contribution in [-0.2, 0) is 10.9 Å². The summed E-state index contributed by atoms with van der Waals surface area (Å²) in [7, 11) is 0. The molecular formula is C27H29F3N4O2. The molecule has 0 bridgehead atoms. The maximum absolute atomic E-state index is 13.4. The summed E-state index contributed by atoms with van der Waals surface area (Å²) in [5.41, 5.74) is 1.56. The van der Waals surface area contributed by atoms with E-state index in [4.69, 9.17) is 4.74 Å². The zero-order valence-corrected chi connectivity index (χ0v) is 19.9. The standard InChI is InChI=1S/C27H29F3N4O2/c28-27(29,30)25-17-24(22-3-1-2-4-23(22)33-25)31-19-7-9-20(10-8-19)32-26(35)18-5-11-21(12-6-18)34-13-15-36-16-14-34/h1-6,11-12,17,19-20H,7-10,13-16H2,(H,31,33)(H,32,35)/t19-,20+. The van der Waals surface area contributed by atoms with E-state index in [-0.39, 0.29) is 18.0 Å². The molecule has 0 atom stereocenters. The molecule has 0 unspecified atom stereocenters. The van der Waals surface area contributed by atoms with E-state index in [1.165, 1.54) is 0 Å². The van der Waals surface area contributed by atoms with E-state index >= 15 is 0 Å². The molecule has 3 aromatic rings. The number of fused-ring (bicyclic) bond motifs is 1. The molecule has 0 radical (unpaired) electrons. The number of halogens is 3. The molecule has 1 aromatic heterocycles. The molecule has 0 spiro atoms. The monoisotopic (exact) mass is 498 g/mol. The summed E-state index contributed by atoms with van der Waals surface area (Å²) >= 11 is 0. The van der Waals surface area contributed by atoms with Crippen molar-refractivity contribution in [3.05, 3.63) is 65.9 Å². The fourth-order valence-corrected chi connectivity index (χ4v) is 4.96. The molecule has 9 heteroatoms. The van der Waals surface area contributed by atoms with Crippen LogP contribution in [0.15, 0.2) is 54.6 Å². The van der Waals surface area contributed by atoms with Gasteiger partial charge in [-0.05, 0) is 62.1 Å². The van der Waals surface area contributed by atoms with Gasteiger partial charge < -0.3 is 20.3 Å². The highest BCUT2D eigenvalue weighted by Gasteiger charge is 2.34. The number of carbonyl (C=O) groups excluding carboxylic acids is 1. The Hall–Kier alpha value is -3.33.